The molecule has 0 amide bonds. The number of rotatable bonds is 5. The van der Waals surface area contributed by atoms with Crippen molar-refractivity contribution in [2.24, 2.45) is 5.73 Å². The molecule has 0 bridgehead atoms. The van der Waals surface area contributed by atoms with Gasteiger partial charge >= 0.3 is 0 Å². The van der Waals surface area contributed by atoms with Gasteiger partial charge in [0.2, 0.25) is 0 Å². The van der Waals surface area contributed by atoms with Crippen LogP contribution in [0.3, 0.4) is 0 Å². The van der Waals surface area contributed by atoms with Gasteiger partial charge < -0.3 is 5.73 Å². The van der Waals surface area contributed by atoms with Crippen molar-refractivity contribution >= 4 is 11.3 Å². The van der Waals surface area contributed by atoms with Gasteiger partial charge in [0.25, 0.3) is 0 Å². The Morgan fingerprint density at radius 3 is 2.67 bits per heavy atom. The lowest BCUT2D eigenvalue weighted by Gasteiger charge is -2.24. The van der Waals surface area contributed by atoms with Gasteiger partial charge in [-0.2, -0.15) is 21.9 Å². The van der Waals surface area contributed by atoms with Crippen LogP contribution < -0.4 is 5.73 Å². The van der Waals surface area contributed by atoms with Crippen LogP contribution in [0.5, 0.6) is 0 Å². The quantitative estimate of drug-likeness (QED) is 0.824. The lowest BCUT2D eigenvalue weighted by molar-refractivity contribution is 0.478. The third-order valence-corrected chi connectivity index (χ3v) is 3.21. The summed E-state index contributed by atoms with van der Waals surface area (Å²) in [5.74, 6) is 0. The highest BCUT2D eigenvalue weighted by Gasteiger charge is 2.31. The van der Waals surface area contributed by atoms with Crippen LogP contribution in [0.2, 0.25) is 0 Å². The van der Waals surface area contributed by atoms with E-state index in [1.165, 1.54) is 0 Å². The van der Waals surface area contributed by atoms with Crippen LogP contribution in [-0.2, 0) is 5.41 Å². The van der Waals surface area contributed by atoms with Crippen LogP contribution in [0.1, 0.15) is 24.8 Å². The largest absolute Gasteiger partial charge is 0.330 e. The van der Waals surface area contributed by atoms with E-state index >= 15 is 0 Å². The molecule has 1 rings (SSSR count). The molecule has 1 aromatic rings. The fourth-order valence-electron chi connectivity index (χ4n) is 1.64. The first-order valence-electron chi connectivity index (χ1n) is 4.80. The molecule has 2 N–H and O–H groups in total. The molecule has 0 fully saturated rings. The zero-order valence-corrected chi connectivity index (χ0v) is 9.26. The first-order chi connectivity index (χ1) is 7.29. The van der Waals surface area contributed by atoms with Crippen molar-refractivity contribution < 1.29 is 0 Å². The molecule has 1 heterocycles. The minimum absolute atomic E-state index is 0.392. The molecule has 4 heteroatoms. The van der Waals surface area contributed by atoms with Crippen molar-refractivity contribution in [3.63, 3.8) is 0 Å². The number of nitriles is 2. The molecule has 3 nitrogen and oxygen atoms in total. The van der Waals surface area contributed by atoms with Crippen LogP contribution in [0, 0.1) is 22.7 Å². The molecule has 1 atom stereocenters. The summed E-state index contributed by atoms with van der Waals surface area (Å²) in [7, 11) is 0. The monoisotopic (exact) mass is 219 g/mol. The molecule has 78 valence electrons. The van der Waals surface area contributed by atoms with E-state index in [4.69, 9.17) is 11.0 Å². The lowest BCUT2D eigenvalue weighted by Crippen LogP contribution is -2.27. The van der Waals surface area contributed by atoms with Crippen molar-refractivity contribution in [3.05, 3.63) is 22.4 Å². The maximum absolute atomic E-state index is 9.30. The average molecular weight is 219 g/mol. The Morgan fingerprint density at radius 1 is 1.40 bits per heavy atom. The molecule has 1 aromatic heterocycles. The topological polar surface area (TPSA) is 73.6 Å². The van der Waals surface area contributed by atoms with Gasteiger partial charge in [0.1, 0.15) is 0 Å². The van der Waals surface area contributed by atoms with E-state index in [2.05, 4.69) is 12.1 Å². The highest BCUT2D eigenvalue weighted by atomic mass is 32.1. The molecule has 0 spiro atoms. The van der Waals surface area contributed by atoms with E-state index < -0.39 is 5.41 Å². The standard InChI is InChI=1S/C11H13N3S/c12-5-1-3-11(9-14,4-6-13)10-2-7-15-8-10/h2,7-8H,1,3-4,6,13H2. The Balaban J connectivity index is 2.95. The van der Waals surface area contributed by atoms with Crippen LogP contribution in [-0.4, -0.2) is 6.54 Å². The molecule has 0 aliphatic heterocycles. The number of nitrogens with two attached hydrogens (primary N) is 1. The van der Waals surface area contributed by atoms with Gasteiger partial charge in [-0.1, -0.05) is 0 Å². The Bertz CT molecular complexity index is 372. The summed E-state index contributed by atoms with van der Waals surface area (Å²) in [5, 5.41) is 21.8. The first kappa shape index (κ1) is 11.7. The third kappa shape index (κ3) is 2.56. The Morgan fingerprint density at radius 2 is 2.20 bits per heavy atom. The normalized spacial score (nSPS) is 13.8. The number of thiophene rings is 1. The Labute approximate surface area is 93.8 Å². The molecule has 0 aliphatic rings. The Kier molecular flexibility index (Phi) is 4.30. The minimum atomic E-state index is -0.565. The van der Waals surface area contributed by atoms with Crippen molar-refractivity contribution in [1.29, 1.82) is 10.5 Å². The molecular weight excluding hydrogens is 206 g/mol. The molecule has 15 heavy (non-hydrogen) atoms. The Hall–Kier alpha value is -1.36. The fourth-order valence-corrected chi connectivity index (χ4v) is 2.40. The first-order valence-corrected chi connectivity index (χ1v) is 5.74. The second-order valence-electron chi connectivity index (χ2n) is 3.40. The molecule has 0 aromatic carbocycles. The summed E-state index contributed by atoms with van der Waals surface area (Å²) in [6.07, 6.45) is 1.57. The number of hydrogen-bond donors (Lipinski definition) is 1. The summed E-state index contributed by atoms with van der Waals surface area (Å²) in [6.45, 7) is 0.467. The SMILES string of the molecule is N#CCCC(C#N)(CCN)c1ccsc1. The van der Waals surface area contributed by atoms with Gasteiger partial charge in [0, 0.05) is 6.42 Å². The molecular formula is C11H13N3S. The second-order valence-corrected chi connectivity index (χ2v) is 4.18. The summed E-state index contributed by atoms with van der Waals surface area (Å²) in [6, 6.07) is 6.36. The van der Waals surface area contributed by atoms with Gasteiger partial charge in [-0.15, -0.1) is 0 Å². The second kappa shape index (κ2) is 5.50. The van der Waals surface area contributed by atoms with E-state index in [1.807, 2.05) is 16.8 Å². The molecule has 1 unspecified atom stereocenters. The van der Waals surface area contributed by atoms with E-state index in [0.29, 0.717) is 25.8 Å². The van der Waals surface area contributed by atoms with Crippen LogP contribution >= 0.6 is 11.3 Å². The smallest absolute Gasteiger partial charge is 0.0852 e. The summed E-state index contributed by atoms with van der Waals surface area (Å²) in [5.41, 5.74) is 5.97. The van der Waals surface area contributed by atoms with E-state index in [0.717, 1.165) is 5.56 Å². The lowest BCUT2D eigenvalue weighted by atomic mass is 9.77. The molecule has 0 saturated heterocycles. The minimum Gasteiger partial charge on any atom is -0.330 e. The predicted molar refractivity (Wildman–Crippen MR) is 60.1 cm³/mol. The zero-order valence-electron chi connectivity index (χ0n) is 8.44. The number of nitrogens with zero attached hydrogens (tertiary/aromatic N) is 2. The van der Waals surface area contributed by atoms with Gasteiger partial charge in [0.05, 0.1) is 17.6 Å². The molecule has 0 saturated carbocycles. The summed E-state index contributed by atoms with van der Waals surface area (Å²) in [4.78, 5) is 0. The van der Waals surface area contributed by atoms with E-state index in [9.17, 15) is 5.26 Å². The third-order valence-electron chi connectivity index (χ3n) is 2.52. The zero-order chi connectivity index (χ0) is 11.1. The van der Waals surface area contributed by atoms with Gasteiger partial charge in [-0.05, 0) is 41.8 Å². The fraction of sp³-hybridized carbons (Fsp3) is 0.455. The van der Waals surface area contributed by atoms with E-state index in [1.54, 1.807) is 11.3 Å². The van der Waals surface area contributed by atoms with Crippen molar-refractivity contribution in [1.82, 2.24) is 0 Å². The predicted octanol–water partition coefficient (Wildman–Crippen LogP) is 2.16. The van der Waals surface area contributed by atoms with Gasteiger partial charge in [-0.25, -0.2) is 0 Å². The summed E-state index contributed by atoms with van der Waals surface area (Å²) < 4.78 is 0. The molecule has 0 aliphatic carbocycles. The maximum Gasteiger partial charge on any atom is 0.0852 e. The highest BCUT2D eigenvalue weighted by molar-refractivity contribution is 7.08. The number of hydrogen-bond acceptors (Lipinski definition) is 4. The molecule has 0 radical (unpaired) electrons. The van der Waals surface area contributed by atoms with Crippen LogP contribution in [0.25, 0.3) is 0 Å². The van der Waals surface area contributed by atoms with Crippen molar-refractivity contribution in [3.8, 4) is 12.1 Å². The average Bonchev–Trinajstić information content (AvgIpc) is 2.78. The van der Waals surface area contributed by atoms with E-state index in [-0.39, 0.29) is 0 Å². The van der Waals surface area contributed by atoms with Crippen molar-refractivity contribution in [2.45, 2.75) is 24.7 Å². The maximum atomic E-state index is 9.30. The summed E-state index contributed by atoms with van der Waals surface area (Å²) >= 11 is 1.57. The van der Waals surface area contributed by atoms with Crippen molar-refractivity contribution in [2.75, 3.05) is 6.54 Å². The highest BCUT2D eigenvalue weighted by Crippen LogP contribution is 2.33. The van der Waals surface area contributed by atoms with Gasteiger partial charge in [-0.3, -0.25) is 0 Å². The van der Waals surface area contributed by atoms with Crippen LogP contribution in [0.15, 0.2) is 16.8 Å². The van der Waals surface area contributed by atoms with Gasteiger partial charge in [0.15, 0.2) is 0 Å². The van der Waals surface area contributed by atoms with Crippen LogP contribution in [0.4, 0.5) is 0 Å².